The van der Waals surface area contributed by atoms with Gasteiger partial charge in [-0.25, -0.2) is 4.79 Å². The number of carbonyl (C=O) groups excluding carboxylic acids is 6. The third kappa shape index (κ3) is 9.15. The number of aromatic amines is 1. The average Bonchev–Trinajstić information content (AvgIpc) is 3.69. The quantitative estimate of drug-likeness (QED) is 0.0523. The molecule has 0 radical (unpaired) electrons. The third-order valence-corrected chi connectivity index (χ3v) is 9.21. The molecule has 2 aliphatic rings. The number of nitrogens with zero attached hydrogens (tertiary/aromatic N) is 2. The molecule has 0 spiro atoms. The van der Waals surface area contributed by atoms with Gasteiger partial charge in [0.05, 0.1) is 5.56 Å². The summed E-state index contributed by atoms with van der Waals surface area (Å²) in [5.74, 6) is -2.35. The largest absolute Gasteiger partial charge is 0.385 e. The van der Waals surface area contributed by atoms with Crippen molar-refractivity contribution in [2.75, 3.05) is 34.4 Å². The van der Waals surface area contributed by atoms with E-state index in [1.807, 2.05) is 0 Å². The van der Waals surface area contributed by atoms with Crippen LogP contribution < -0.4 is 31.9 Å². The maximum absolute atomic E-state index is 13.1. The van der Waals surface area contributed by atoms with Crippen LogP contribution in [0.2, 0.25) is 0 Å². The highest BCUT2D eigenvalue weighted by Crippen LogP contribution is 2.39. The molecule has 55 heavy (non-hydrogen) atoms. The SMILES string of the molecule is N#Cc1c[nH]c2cc(NC(=O)Nc3ccc(NC(=O)/C=C/C(=O)NCCCCCCNc4cccc5c4C(O)N(C4CCC(=O)NC4=O)C5=O)cc3)ccc12. The first-order valence-electron chi connectivity index (χ1n) is 17.8. The second-order valence-corrected chi connectivity index (χ2v) is 13.0. The van der Waals surface area contributed by atoms with Crippen LogP contribution in [0.4, 0.5) is 27.5 Å². The summed E-state index contributed by atoms with van der Waals surface area (Å²) < 4.78 is 0. The zero-order valence-corrected chi connectivity index (χ0v) is 29.6. The second kappa shape index (κ2) is 17.2. The Morgan fingerprint density at radius 1 is 0.873 bits per heavy atom. The van der Waals surface area contributed by atoms with Crippen LogP contribution in [0.15, 0.2) is 79.0 Å². The summed E-state index contributed by atoms with van der Waals surface area (Å²) in [4.78, 5) is 78.2. The summed E-state index contributed by atoms with van der Waals surface area (Å²) in [5.41, 5.74) is 4.07. The van der Waals surface area contributed by atoms with Crippen LogP contribution in [0.25, 0.3) is 10.9 Å². The molecule has 8 N–H and O–H groups in total. The molecule has 7 amide bonds. The number of fused-ring (bicyclic) bond motifs is 2. The first kappa shape index (κ1) is 37.8. The lowest BCUT2D eigenvalue weighted by Crippen LogP contribution is -2.53. The van der Waals surface area contributed by atoms with Crippen molar-refractivity contribution in [3.63, 3.8) is 0 Å². The van der Waals surface area contributed by atoms with Gasteiger partial charge in [0.25, 0.3) is 5.91 Å². The van der Waals surface area contributed by atoms with E-state index >= 15 is 0 Å². The Bertz CT molecular complexity index is 2210. The van der Waals surface area contributed by atoms with Crippen LogP contribution in [0.3, 0.4) is 0 Å². The predicted octanol–water partition coefficient (Wildman–Crippen LogP) is 4.22. The van der Waals surface area contributed by atoms with Crippen molar-refractivity contribution < 1.29 is 33.9 Å². The predicted molar refractivity (Wildman–Crippen MR) is 204 cm³/mol. The van der Waals surface area contributed by atoms with Gasteiger partial charge in [-0.05, 0) is 73.9 Å². The number of aliphatic hydroxyl groups excluding tert-OH is 1. The molecule has 2 unspecified atom stereocenters. The number of H-pyrrole nitrogens is 1. The maximum atomic E-state index is 13.1. The molecule has 0 saturated carbocycles. The molecular formula is C39H39N9O7. The van der Waals surface area contributed by atoms with Gasteiger partial charge in [-0.1, -0.05) is 18.9 Å². The van der Waals surface area contributed by atoms with Gasteiger partial charge >= 0.3 is 6.03 Å². The highest BCUT2D eigenvalue weighted by atomic mass is 16.3. The van der Waals surface area contributed by atoms with E-state index in [9.17, 15) is 33.9 Å². The molecule has 0 aliphatic carbocycles. The van der Waals surface area contributed by atoms with E-state index in [2.05, 4.69) is 43.0 Å². The number of hydrogen-bond acceptors (Lipinski definition) is 9. The number of imide groups is 1. The number of rotatable bonds is 14. The van der Waals surface area contributed by atoms with Gasteiger partial charge in [0.2, 0.25) is 23.6 Å². The molecule has 2 aliphatic heterocycles. The Hall–Kier alpha value is -6.99. The topological polar surface area (TPSA) is 238 Å². The summed E-state index contributed by atoms with van der Waals surface area (Å²) in [6.07, 6.45) is 6.04. The Morgan fingerprint density at radius 2 is 1.56 bits per heavy atom. The minimum Gasteiger partial charge on any atom is -0.385 e. The molecular weight excluding hydrogens is 706 g/mol. The Kier molecular flexibility index (Phi) is 11.8. The van der Waals surface area contributed by atoms with Gasteiger partial charge in [0, 0.05) is 82.6 Å². The maximum Gasteiger partial charge on any atom is 0.323 e. The van der Waals surface area contributed by atoms with Gasteiger partial charge in [0.1, 0.15) is 12.1 Å². The minimum atomic E-state index is -1.31. The highest BCUT2D eigenvalue weighted by molar-refractivity contribution is 6.07. The summed E-state index contributed by atoms with van der Waals surface area (Å²) in [6, 6.07) is 17.4. The number of urea groups is 1. The lowest BCUT2D eigenvalue weighted by Gasteiger charge is -2.32. The van der Waals surface area contributed by atoms with Crippen molar-refractivity contribution in [3.05, 3.63) is 95.7 Å². The van der Waals surface area contributed by atoms with E-state index in [4.69, 9.17) is 5.26 Å². The molecule has 1 saturated heterocycles. The fourth-order valence-electron chi connectivity index (χ4n) is 6.49. The third-order valence-electron chi connectivity index (χ3n) is 9.21. The van der Waals surface area contributed by atoms with E-state index in [1.165, 1.54) is 0 Å². The first-order chi connectivity index (χ1) is 26.6. The number of benzene rings is 3. The molecule has 282 valence electrons. The lowest BCUT2D eigenvalue weighted by atomic mass is 10.0. The van der Waals surface area contributed by atoms with Crippen LogP contribution >= 0.6 is 0 Å². The van der Waals surface area contributed by atoms with Gasteiger partial charge in [-0.3, -0.25) is 34.2 Å². The lowest BCUT2D eigenvalue weighted by molar-refractivity contribution is -0.139. The van der Waals surface area contributed by atoms with Crippen molar-refractivity contribution in [2.45, 2.75) is 50.8 Å². The number of aliphatic hydroxyl groups is 1. The number of carbonyl (C=O) groups is 6. The zero-order chi connectivity index (χ0) is 38.9. The first-order valence-corrected chi connectivity index (χ1v) is 17.8. The number of hydrogen-bond donors (Lipinski definition) is 8. The van der Waals surface area contributed by atoms with Crippen molar-refractivity contribution in [2.24, 2.45) is 0 Å². The number of amides is 7. The molecule has 0 bridgehead atoms. The van der Waals surface area contributed by atoms with Gasteiger partial charge in [0.15, 0.2) is 6.23 Å². The number of nitriles is 1. The van der Waals surface area contributed by atoms with Crippen molar-refractivity contribution >= 4 is 69.2 Å². The summed E-state index contributed by atoms with van der Waals surface area (Å²) in [7, 11) is 0. The van der Waals surface area contributed by atoms with E-state index in [1.54, 1.807) is 66.9 Å². The molecule has 1 fully saturated rings. The molecule has 6 rings (SSSR count). The molecule has 4 aromatic rings. The number of aromatic nitrogens is 1. The Labute approximate surface area is 315 Å². The van der Waals surface area contributed by atoms with Crippen molar-refractivity contribution in [3.8, 4) is 6.07 Å². The van der Waals surface area contributed by atoms with Crippen LogP contribution in [0.5, 0.6) is 0 Å². The summed E-state index contributed by atoms with van der Waals surface area (Å²) in [6.45, 7) is 1.01. The van der Waals surface area contributed by atoms with Crippen molar-refractivity contribution in [1.82, 2.24) is 20.5 Å². The number of piperidine rings is 1. The molecule has 2 atom stereocenters. The van der Waals surface area contributed by atoms with E-state index in [-0.39, 0.29) is 12.8 Å². The van der Waals surface area contributed by atoms with E-state index in [0.717, 1.165) is 53.6 Å². The monoisotopic (exact) mass is 745 g/mol. The number of unbranched alkanes of at least 4 members (excludes halogenated alkanes) is 3. The average molecular weight is 746 g/mol. The fraction of sp³-hybridized carbons (Fsp3) is 0.256. The normalized spacial score (nSPS) is 16.4. The highest BCUT2D eigenvalue weighted by Gasteiger charge is 2.45. The number of anilines is 4. The smallest absolute Gasteiger partial charge is 0.323 e. The molecule has 3 aromatic carbocycles. The second-order valence-electron chi connectivity index (χ2n) is 13.0. The van der Waals surface area contributed by atoms with E-state index in [0.29, 0.717) is 52.5 Å². The minimum absolute atomic E-state index is 0.0928. The van der Waals surface area contributed by atoms with Crippen LogP contribution in [-0.4, -0.2) is 69.7 Å². The molecule has 3 heterocycles. The fourth-order valence-corrected chi connectivity index (χ4v) is 6.49. The van der Waals surface area contributed by atoms with Gasteiger partial charge in [-0.2, -0.15) is 5.26 Å². The van der Waals surface area contributed by atoms with E-state index < -0.39 is 47.8 Å². The van der Waals surface area contributed by atoms with Crippen molar-refractivity contribution in [1.29, 1.82) is 5.26 Å². The van der Waals surface area contributed by atoms with Crippen LogP contribution in [0, 0.1) is 11.3 Å². The van der Waals surface area contributed by atoms with Gasteiger partial charge < -0.3 is 36.7 Å². The molecule has 16 nitrogen and oxygen atoms in total. The molecule has 16 heteroatoms. The Balaban J connectivity index is 0.845. The Morgan fingerprint density at radius 3 is 2.31 bits per heavy atom. The summed E-state index contributed by atoms with van der Waals surface area (Å²) >= 11 is 0. The standard InChI is InChI=1S/C39H39N9O7/c40-21-23-22-43-30-20-26(12-13-27(23)30)46-39(55)45-25-10-8-24(9-11-25)44-33(50)17-16-32(49)42-19-4-2-1-3-18-41-29-7-5-6-28-35(29)38(54)48(37(28)53)31-14-15-34(51)47-36(31)52/h5-13,16-17,20,22,31,38,41,43,54H,1-4,14-15,18-19H2,(H,42,49)(H,44,50)(H2,45,46,55)(H,47,51,52)/b17-16+. The van der Waals surface area contributed by atoms with Crippen LogP contribution in [0.1, 0.15) is 66.2 Å². The summed E-state index contributed by atoms with van der Waals surface area (Å²) in [5, 5.41) is 37.3. The van der Waals surface area contributed by atoms with Gasteiger partial charge in [-0.15, -0.1) is 0 Å². The van der Waals surface area contributed by atoms with Crippen LogP contribution in [-0.2, 0) is 19.2 Å². The number of nitrogens with one attached hydrogen (secondary N) is 7. The molecule has 1 aromatic heterocycles. The zero-order valence-electron chi connectivity index (χ0n) is 29.6.